The predicted octanol–water partition coefficient (Wildman–Crippen LogP) is 4.07. The van der Waals surface area contributed by atoms with Crippen molar-refractivity contribution in [3.8, 4) is 21.6 Å². The van der Waals surface area contributed by atoms with Crippen LogP contribution >= 0.6 is 11.3 Å². The fraction of sp³-hybridized carbons (Fsp3) is 0.111. The van der Waals surface area contributed by atoms with Crippen LogP contribution in [-0.4, -0.2) is 29.9 Å². The second-order valence-electron chi connectivity index (χ2n) is 5.89. The molecule has 1 N–H and O–H groups in total. The molecule has 3 aromatic heterocycles. The van der Waals surface area contributed by atoms with Gasteiger partial charge in [-0.3, -0.25) is 10.1 Å². The summed E-state index contributed by atoms with van der Waals surface area (Å²) in [6.07, 6.45) is 4.78. The molecule has 0 unspecified atom stereocenters. The van der Waals surface area contributed by atoms with E-state index in [4.69, 9.17) is 0 Å². The fourth-order valence-electron chi connectivity index (χ4n) is 2.83. The van der Waals surface area contributed by atoms with Gasteiger partial charge in [-0.1, -0.05) is 6.07 Å². The number of thiophene rings is 1. The molecule has 5 nitrogen and oxygen atoms in total. The molecule has 25 heavy (non-hydrogen) atoms. The van der Waals surface area contributed by atoms with Gasteiger partial charge in [0.05, 0.1) is 11.7 Å². The number of aromatic nitrogens is 3. The Labute approximate surface area is 149 Å². The number of fused-ring (bicyclic) bond motifs is 1. The topological polar surface area (TPSA) is 75.7 Å². The number of hydrogen-bond donors (Lipinski definition) is 1. The number of sulfone groups is 1. The van der Waals surface area contributed by atoms with Crippen LogP contribution < -0.4 is 0 Å². The Morgan fingerprint density at radius 2 is 1.92 bits per heavy atom. The summed E-state index contributed by atoms with van der Waals surface area (Å²) in [5.74, 6) is 0. The third kappa shape index (κ3) is 2.85. The summed E-state index contributed by atoms with van der Waals surface area (Å²) in [5, 5.41) is 8.02. The molecular weight excluding hydrogens is 354 g/mol. The van der Waals surface area contributed by atoms with Crippen molar-refractivity contribution in [3.05, 3.63) is 54.5 Å². The molecule has 0 atom stereocenters. The van der Waals surface area contributed by atoms with Crippen LogP contribution in [0.4, 0.5) is 0 Å². The highest BCUT2D eigenvalue weighted by Crippen LogP contribution is 2.36. The zero-order chi connectivity index (χ0) is 17.6. The third-order valence-corrected chi connectivity index (χ3v) is 7.03. The van der Waals surface area contributed by atoms with Crippen molar-refractivity contribution in [2.45, 2.75) is 11.1 Å². The van der Waals surface area contributed by atoms with Crippen LogP contribution in [-0.2, 0) is 9.84 Å². The van der Waals surface area contributed by atoms with Gasteiger partial charge >= 0.3 is 0 Å². The van der Waals surface area contributed by atoms with Gasteiger partial charge in [0.2, 0.25) is 0 Å². The second kappa shape index (κ2) is 5.79. The number of aromatic amines is 1. The van der Waals surface area contributed by atoms with Gasteiger partial charge in [0.25, 0.3) is 0 Å². The average Bonchev–Trinajstić information content (AvgIpc) is 3.22. The van der Waals surface area contributed by atoms with Crippen LogP contribution in [0.1, 0.15) is 5.69 Å². The Balaban J connectivity index is 1.92. The van der Waals surface area contributed by atoms with Crippen LogP contribution in [0.3, 0.4) is 0 Å². The van der Waals surface area contributed by atoms with Gasteiger partial charge in [-0.2, -0.15) is 5.10 Å². The van der Waals surface area contributed by atoms with E-state index in [1.165, 1.54) is 17.6 Å². The first kappa shape index (κ1) is 16.0. The zero-order valence-electron chi connectivity index (χ0n) is 13.6. The summed E-state index contributed by atoms with van der Waals surface area (Å²) in [6.45, 7) is 1.98. The molecule has 0 aliphatic rings. The van der Waals surface area contributed by atoms with Crippen LogP contribution in [0.25, 0.3) is 32.5 Å². The number of aryl methyl sites for hydroxylation is 1. The molecule has 0 spiro atoms. The van der Waals surface area contributed by atoms with E-state index in [1.807, 2.05) is 31.2 Å². The van der Waals surface area contributed by atoms with Crippen LogP contribution in [0.15, 0.2) is 53.0 Å². The number of rotatable bonds is 3. The van der Waals surface area contributed by atoms with Crippen LogP contribution in [0.5, 0.6) is 0 Å². The molecule has 0 saturated heterocycles. The van der Waals surface area contributed by atoms with Gasteiger partial charge in [0, 0.05) is 39.5 Å². The van der Waals surface area contributed by atoms with Crippen molar-refractivity contribution in [1.82, 2.24) is 15.2 Å². The molecule has 7 heteroatoms. The Morgan fingerprint density at radius 1 is 1.08 bits per heavy atom. The third-order valence-electron chi connectivity index (χ3n) is 4.09. The van der Waals surface area contributed by atoms with Crippen molar-refractivity contribution < 1.29 is 8.42 Å². The van der Waals surface area contributed by atoms with Crippen molar-refractivity contribution in [1.29, 1.82) is 0 Å². The molecule has 0 bridgehead atoms. The van der Waals surface area contributed by atoms with Crippen LogP contribution in [0, 0.1) is 6.92 Å². The lowest BCUT2D eigenvalue weighted by molar-refractivity contribution is 0.604. The second-order valence-corrected chi connectivity index (χ2v) is 9.22. The van der Waals surface area contributed by atoms with Crippen molar-refractivity contribution >= 4 is 32.1 Å². The van der Waals surface area contributed by atoms with Gasteiger partial charge in [-0.15, -0.1) is 11.3 Å². The summed E-state index contributed by atoms with van der Waals surface area (Å²) in [5.41, 5.74) is 4.94. The molecule has 4 rings (SSSR count). The largest absolute Gasteiger partial charge is 0.282 e. The Kier molecular flexibility index (Phi) is 3.70. The average molecular weight is 369 g/mol. The fourth-order valence-corrected chi connectivity index (χ4v) is 4.80. The number of pyridine rings is 1. The van der Waals surface area contributed by atoms with Crippen molar-refractivity contribution in [3.63, 3.8) is 0 Å². The van der Waals surface area contributed by atoms with E-state index in [-0.39, 0.29) is 0 Å². The maximum atomic E-state index is 11.8. The first-order chi connectivity index (χ1) is 11.9. The van der Waals surface area contributed by atoms with Gasteiger partial charge in [0.15, 0.2) is 9.84 Å². The standard InChI is InChI=1S/C18H15N3O2S2/c1-11-15(10-20-21-11)12-3-4-16-14(9-12)13(7-8-19-16)17-5-6-18(24-17)25(2,22)23/h3-10H,1-2H3,(H,20,21). The molecule has 0 aliphatic heterocycles. The molecule has 1 aromatic carbocycles. The maximum Gasteiger partial charge on any atom is 0.184 e. The molecule has 0 amide bonds. The lowest BCUT2D eigenvalue weighted by Gasteiger charge is -2.07. The molecule has 3 heterocycles. The smallest absolute Gasteiger partial charge is 0.184 e. The molecule has 0 fully saturated rings. The van der Waals surface area contributed by atoms with E-state index >= 15 is 0 Å². The van der Waals surface area contributed by atoms with E-state index in [1.54, 1.807) is 18.5 Å². The van der Waals surface area contributed by atoms with Crippen molar-refractivity contribution in [2.24, 2.45) is 0 Å². The minimum absolute atomic E-state index is 0.370. The molecule has 0 saturated carbocycles. The first-order valence-electron chi connectivity index (χ1n) is 7.63. The number of H-pyrrole nitrogens is 1. The molecule has 4 aromatic rings. The van der Waals surface area contributed by atoms with E-state index < -0.39 is 9.84 Å². The SMILES string of the molecule is Cc1[nH]ncc1-c1ccc2nccc(-c3ccc(S(C)(=O)=O)s3)c2c1. The predicted molar refractivity (Wildman–Crippen MR) is 100 cm³/mol. The monoisotopic (exact) mass is 369 g/mol. The molecule has 126 valence electrons. The summed E-state index contributed by atoms with van der Waals surface area (Å²) >= 11 is 1.28. The molecular formula is C18H15N3O2S2. The van der Waals surface area contributed by atoms with Crippen LogP contribution in [0.2, 0.25) is 0 Å². The van der Waals surface area contributed by atoms with E-state index in [0.29, 0.717) is 4.21 Å². The van der Waals surface area contributed by atoms with Gasteiger partial charge < -0.3 is 0 Å². The number of hydrogen-bond acceptors (Lipinski definition) is 5. The molecule has 0 radical (unpaired) electrons. The summed E-state index contributed by atoms with van der Waals surface area (Å²) in [6, 6.07) is 11.5. The highest BCUT2D eigenvalue weighted by molar-refractivity contribution is 7.92. The van der Waals surface area contributed by atoms with E-state index in [0.717, 1.165) is 38.2 Å². The Morgan fingerprint density at radius 3 is 2.60 bits per heavy atom. The summed E-state index contributed by atoms with van der Waals surface area (Å²) in [4.78, 5) is 5.34. The Hall–Kier alpha value is -2.51. The quantitative estimate of drug-likeness (QED) is 0.591. The Bertz CT molecular complexity index is 1190. The lowest BCUT2D eigenvalue weighted by atomic mass is 10.0. The summed E-state index contributed by atoms with van der Waals surface area (Å²) in [7, 11) is -3.20. The summed E-state index contributed by atoms with van der Waals surface area (Å²) < 4.78 is 23.9. The maximum absolute atomic E-state index is 11.8. The lowest BCUT2D eigenvalue weighted by Crippen LogP contribution is -1.91. The normalized spacial score (nSPS) is 11.9. The number of nitrogens with one attached hydrogen (secondary N) is 1. The molecule has 0 aliphatic carbocycles. The number of benzene rings is 1. The van der Waals surface area contributed by atoms with Gasteiger partial charge in [0.1, 0.15) is 4.21 Å². The minimum Gasteiger partial charge on any atom is -0.282 e. The highest BCUT2D eigenvalue weighted by Gasteiger charge is 2.14. The highest BCUT2D eigenvalue weighted by atomic mass is 32.2. The van der Waals surface area contributed by atoms with E-state index in [9.17, 15) is 8.42 Å². The van der Waals surface area contributed by atoms with Crippen molar-refractivity contribution in [2.75, 3.05) is 6.26 Å². The zero-order valence-corrected chi connectivity index (χ0v) is 15.3. The first-order valence-corrected chi connectivity index (χ1v) is 10.3. The minimum atomic E-state index is -3.20. The van der Waals surface area contributed by atoms with Gasteiger partial charge in [-0.05, 0) is 42.8 Å². The van der Waals surface area contributed by atoms with E-state index in [2.05, 4.69) is 21.2 Å². The van der Waals surface area contributed by atoms with Gasteiger partial charge in [-0.25, -0.2) is 8.42 Å². The number of nitrogens with zero attached hydrogens (tertiary/aromatic N) is 2.